The number of ether oxygens (including phenoxy) is 1. The van der Waals surface area contributed by atoms with Crippen LogP contribution in [-0.2, 0) is 9.59 Å². The highest BCUT2D eigenvalue weighted by molar-refractivity contribution is 5.77. The number of carbonyl (C=O) groups is 2. The molecular formula is C22H21F3N4O3. The number of anilines is 1. The average Bonchev–Trinajstić information content (AvgIpc) is 3.38. The summed E-state index contributed by atoms with van der Waals surface area (Å²) in [5.41, 5.74) is 2.71. The fourth-order valence-corrected chi connectivity index (χ4v) is 3.02. The van der Waals surface area contributed by atoms with E-state index in [-0.39, 0.29) is 17.5 Å². The van der Waals surface area contributed by atoms with Crippen LogP contribution in [0.15, 0.2) is 54.6 Å². The normalized spacial score (nSPS) is 13.1. The highest BCUT2D eigenvalue weighted by Gasteiger charge is 2.31. The Kier molecular flexibility index (Phi) is 7.14. The molecule has 0 atom stereocenters. The van der Waals surface area contributed by atoms with E-state index >= 15 is 0 Å². The second-order valence-corrected chi connectivity index (χ2v) is 6.95. The minimum Gasteiger partial charge on any atom is -0.406 e. The van der Waals surface area contributed by atoms with E-state index in [1.54, 1.807) is 12.1 Å². The Bertz CT molecular complexity index is 1070. The number of halogens is 3. The fourth-order valence-electron chi connectivity index (χ4n) is 3.02. The average molecular weight is 446 g/mol. The summed E-state index contributed by atoms with van der Waals surface area (Å²) in [6, 6.07) is 14.6. The van der Waals surface area contributed by atoms with E-state index in [2.05, 4.69) is 20.5 Å². The van der Waals surface area contributed by atoms with Crippen molar-refractivity contribution in [1.82, 2.24) is 15.1 Å². The van der Waals surface area contributed by atoms with Crippen LogP contribution in [0, 0.1) is 6.92 Å². The monoisotopic (exact) mass is 446 g/mol. The first-order valence-corrected chi connectivity index (χ1v) is 9.75. The van der Waals surface area contributed by atoms with Crippen LogP contribution in [0.25, 0.3) is 16.9 Å². The van der Waals surface area contributed by atoms with Crippen molar-refractivity contribution in [3.8, 4) is 22.7 Å². The number of hydrogen-bond acceptors (Lipinski definition) is 4. The minimum absolute atomic E-state index is 0.204. The highest BCUT2D eigenvalue weighted by Crippen LogP contribution is 2.30. The molecule has 3 aromatic rings. The maximum atomic E-state index is 12.5. The van der Waals surface area contributed by atoms with E-state index in [4.69, 9.17) is 0 Å². The van der Waals surface area contributed by atoms with Crippen LogP contribution < -0.4 is 15.4 Å². The van der Waals surface area contributed by atoms with E-state index in [9.17, 15) is 22.8 Å². The molecule has 0 radical (unpaired) electrons. The van der Waals surface area contributed by atoms with Crippen LogP contribution >= 0.6 is 0 Å². The van der Waals surface area contributed by atoms with Crippen molar-refractivity contribution < 1.29 is 27.5 Å². The predicted octanol–water partition coefficient (Wildman–Crippen LogP) is 4.21. The Hall–Kier alpha value is -3.82. The summed E-state index contributed by atoms with van der Waals surface area (Å²) < 4.78 is 42.9. The molecule has 2 aromatic carbocycles. The largest absolute Gasteiger partial charge is 0.573 e. The number of benzene rings is 2. The van der Waals surface area contributed by atoms with E-state index in [1.807, 2.05) is 31.2 Å². The second-order valence-electron chi connectivity index (χ2n) is 6.95. The molecule has 168 valence electrons. The Labute approximate surface area is 182 Å². The minimum atomic E-state index is -4.78. The Morgan fingerprint density at radius 2 is 1.91 bits per heavy atom. The smallest absolute Gasteiger partial charge is 0.406 e. The molecule has 32 heavy (non-hydrogen) atoms. The fraction of sp³-hybridized carbons (Fsp3) is 0.227. The van der Waals surface area contributed by atoms with Crippen molar-refractivity contribution in [2.45, 2.75) is 26.1 Å². The van der Waals surface area contributed by atoms with E-state index in [1.165, 1.54) is 22.9 Å². The zero-order chi connectivity index (χ0) is 23.1. The highest BCUT2D eigenvalue weighted by atomic mass is 19.4. The Morgan fingerprint density at radius 3 is 2.47 bits per heavy atom. The van der Waals surface area contributed by atoms with Crippen molar-refractivity contribution in [3.63, 3.8) is 0 Å². The first kappa shape index (κ1) is 22.9. The molecule has 0 aliphatic carbocycles. The predicted molar refractivity (Wildman–Crippen MR) is 112 cm³/mol. The van der Waals surface area contributed by atoms with Gasteiger partial charge in [0.15, 0.2) is 5.82 Å². The molecule has 0 bridgehead atoms. The number of alkyl halides is 3. The van der Waals surface area contributed by atoms with E-state index in [0.717, 1.165) is 24.9 Å². The number of aryl methyl sites for hydroxylation is 1. The molecule has 0 saturated carbocycles. The summed E-state index contributed by atoms with van der Waals surface area (Å²) >= 11 is 0. The molecule has 2 N–H and O–H groups in total. The molecule has 2 amide bonds. The summed E-state index contributed by atoms with van der Waals surface area (Å²) in [5.74, 6) is 0.143. The lowest BCUT2D eigenvalue weighted by molar-refractivity contribution is -0.274. The SMILES string of the molecule is Cc1ccc(-n2nc(NC=O)cc2-c2cccc(OC(F)(F)F)c2)cc1.O=C1CCCN1. The van der Waals surface area contributed by atoms with Crippen LogP contribution in [0.5, 0.6) is 5.75 Å². The summed E-state index contributed by atoms with van der Waals surface area (Å²) in [6.07, 6.45) is -2.53. The molecule has 2 heterocycles. The standard InChI is InChI=1S/C18H14F3N3O2.C4H7NO/c1-12-5-7-14(8-6-12)24-16(10-17(23-24)22-11-25)13-3-2-4-15(9-13)26-18(19,20)21;6-4-2-1-3-5-4/h2-11H,1H3,(H,22,23,25);1-3H2,(H,5,6). The molecule has 0 spiro atoms. The Balaban J connectivity index is 0.000000416. The lowest BCUT2D eigenvalue weighted by Crippen LogP contribution is -2.17. The maximum absolute atomic E-state index is 12.5. The van der Waals surface area contributed by atoms with Crippen LogP contribution in [0.1, 0.15) is 18.4 Å². The van der Waals surface area contributed by atoms with Gasteiger partial charge in [0.05, 0.1) is 11.4 Å². The van der Waals surface area contributed by atoms with Gasteiger partial charge in [-0.3, -0.25) is 9.59 Å². The summed E-state index contributed by atoms with van der Waals surface area (Å²) in [7, 11) is 0. The van der Waals surface area contributed by atoms with Gasteiger partial charge in [0, 0.05) is 24.6 Å². The van der Waals surface area contributed by atoms with Gasteiger partial charge >= 0.3 is 6.36 Å². The topological polar surface area (TPSA) is 85.2 Å². The third-order valence-corrected chi connectivity index (χ3v) is 4.46. The zero-order valence-electron chi connectivity index (χ0n) is 17.1. The van der Waals surface area contributed by atoms with Gasteiger partial charge in [-0.25, -0.2) is 4.68 Å². The Morgan fingerprint density at radius 1 is 1.16 bits per heavy atom. The number of rotatable bonds is 5. The molecule has 1 fully saturated rings. The van der Waals surface area contributed by atoms with Crippen LogP contribution in [-0.4, -0.2) is 35.0 Å². The summed E-state index contributed by atoms with van der Waals surface area (Å²) in [6.45, 7) is 2.82. The zero-order valence-corrected chi connectivity index (χ0v) is 17.1. The molecule has 1 saturated heterocycles. The third kappa shape index (κ3) is 6.34. The summed E-state index contributed by atoms with van der Waals surface area (Å²) in [4.78, 5) is 20.8. The lowest BCUT2D eigenvalue weighted by atomic mass is 10.1. The van der Waals surface area contributed by atoms with Crippen LogP contribution in [0.4, 0.5) is 19.0 Å². The van der Waals surface area contributed by atoms with Gasteiger partial charge in [-0.05, 0) is 37.6 Å². The van der Waals surface area contributed by atoms with Crippen LogP contribution in [0.2, 0.25) is 0 Å². The number of hydrogen-bond donors (Lipinski definition) is 2. The third-order valence-electron chi connectivity index (χ3n) is 4.46. The van der Waals surface area contributed by atoms with Crippen molar-refractivity contribution in [1.29, 1.82) is 0 Å². The van der Waals surface area contributed by atoms with Gasteiger partial charge < -0.3 is 15.4 Å². The quantitative estimate of drug-likeness (QED) is 0.575. The van der Waals surface area contributed by atoms with Crippen molar-refractivity contribution in [2.24, 2.45) is 0 Å². The van der Waals surface area contributed by atoms with Gasteiger partial charge in [0.25, 0.3) is 0 Å². The van der Waals surface area contributed by atoms with Crippen molar-refractivity contribution in [3.05, 3.63) is 60.2 Å². The molecule has 10 heteroatoms. The van der Waals surface area contributed by atoms with Gasteiger partial charge in [-0.1, -0.05) is 29.8 Å². The first-order chi connectivity index (χ1) is 15.2. The number of carbonyl (C=O) groups excluding carboxylic acids is 2. The molecule has 4 rings (SSSR count). The maximum Gasteiger partial charge on any atom is 0.573 e. The first-order valence-electron chi connectivity index (χ1n) is 9.75. The van der Waals surface area contributed by atoms with Crippen molar-refractivity contribution in [2.75, 3.05) is 11.9 Å². The lowest BCUT2D eigenvalue weighted by Gasteiger charge is -2.11. The number of nitrogens with zero attached hydrogens (tertiary/aromatic N) is 2. The molecular weight excluding hydrogens is 425 g/mol. The molecule has 1 aromatic heterocycles. The molecule has 7 nitrogen and oxygen atoms in total. The van der Waals surface area contributed by atoms with Gasteiger partial charge in [0.2, 0.25) is 12.3 Å². The van der Waals surface area contributed by atoms with E-state index in [0.29, 0.717) is 23.4 Å². The van der Waals surface area contributed by atoms with Gasteiger partial charge in [0.1, 0.15) is 5.75 Å². The van der Waals surface area contributed by atoms with Gasteiger partial charge in [-0.2, -0.15) is 0 Å². The summed E-state index contributed by atoms with van der Waals surface area (Å²) in [5, 5.41) is 9.42. The number of amides is 2. The second kappa shape index (κ2) is 9.99. The number of aromatic nitrogens is 2. The molecule has 0 unspecified atom stereocenters. The molecule has 1 aliphatic heterocycles. The number of nitrogens with one attached hydrogen (secondary N) is 2. The van der Waals surface area contributed by atoms with E-state index < -0.39 is 6.36 Å². The van der Waals surface area contributed by atoms with Crippen molar-refractivity contribution >= 4 is 18.1 Å². The molecule has 1 aliphatic rings. The van der Waals surface area contributed by atoms with Crippen LogP contribution in [0.3, 0.4) is 0 Å². The van der Waals surface area contributed by atoms with Gasteiger partial charge in [-0.15, -0.1) is 18.3 Å².